The Balaban J connectivity index is 1.31. The van der Waals surface area contributed by atoms with Crippen LogP contribution in [0.2, 0.25) is 0 Å². The monoisotopic (exact) mass is 416 g/mol. The Morgan fingerprint density at radius 2 is 1.65 bits per heavy atom. The van der Waals surface area contributed by atoms with Crippen molar-refractivity contribution in [2.45, 2.75) is 6.61 Å². The van der Waals surface area contributed by atoms with Crippen molar-refractivity contribution in [1.29, 1.82) is 0 Å². The number of rotatable bonds is 6. The van der Waals surface area contributed by atoms with Crippen molar-refractivity contribution < 1.29 is 13.9 Å². The third kappa shape index (κ3) is 5.51. The number of carbonyl (C=O) groups is 1. The summed E-state index contributed by atoms with van der Waals surface area (Å²) in [5.41, 5.74) is 2.61. The van der Waals surface area contributed by atoms with E-state index in [0.717, 1.165) is 16.9 Å². The molecule has 0 spiro atoms. The first-order chi connectivity index (χ1) is 15.2. The summed E-state index contributed by atoms with van der Waals surface area (Å²) in [7, 11) is 0. The number of para-hydroxylation sites is 1. The number of hydrogen-bond acceptors (Lipinski definition) is 3. The number of carbonyl (C=O) groups excluding carboxylic acids is 1. The van der Waals surface area contributed by atoms with Crippen LogP contribution in [-0.2, 0) is 11.4 Å². The normalized spacial score (nSPS) is 14.1. The fourth-order valence-corrected chi connectivity index (χ4v) is 3.60. The molecule has 0 aliphatic carbocycles. The highest BCUT2D eigenvalue weighted by atomic mass is 19.1. The van der Waals surface area contributed by atoms with E-state index in [2.05, 4.69) is 0 Å². The Labute approximate surface area is 182 Å². The second-order valence-corrected chi connectivity index (χ2v) is 7.44. The average molecular weight is 416 g/mol. The molecule has 0 unspecified atom stereocenters. The minimum absolute atomic E-state index is 0.0382. The standard InChI is InChI=1S/C26H25FN2O2/c27-24-11-4-5-12-25(24)28-15-17-29(18-16-28)26(30)14-13-21-9-6-10-23(19-21)31-20-22-7-2-1-3-8-22/h1-14,19H,15-18,20H2/b14-13+. The van der Waals surface area contributed by atoms with Gasteiger partial charge in [0.15, 0.2) is 0 Å². The van der Waals surface area contributed by atoms with Crippen molar-refractivity contribution in [2.75, 3.05) is 31.1 Å². The van der Waals surface area contributed by atoms with Crippen molar-refractivity contribution in [3.05, 3.63) is 102 Å². The third-order valence-corrected chi connectivity index (χ3v) is 5.31. The molecule has 1 amide bonds. The van der Waals surface area contributed by atoms with Gasteiger partial charge in [-0.15, -0.1) is 0 Å². The molecule has 1 fully saturated rings. The fraction of sp³-hybridized carbons (Fsp3) is 0.192. The van der Waals surface area contributed by atoms with Crippen molar-refractivity contribution in [3.8, 4) is 5.75 Å². The molecule has 1 aliphatic heterocycles. The zero-order valence-electron chi connectivity index (χ0n) is 17.3. The van der Waals surface area contributed by atoms with Gasteiger partial charge in [0.2, 0.25) is 5.91 Å². The predicted molar refractivity (Wildman–Crippen MR) is 121 cm³/mol. The SMILES string of the molecule is O=C(/C=C/c1cccc(OCc2ccccc2)c1)N1CCN(c2ccccc2F)CC1. The number of hydrogen-bond donors (Lipinski definition) is 0. The van der Waals surface area contributed by atoms with Crippen LogP contribution < -0.4 is 9.64 Å². The molecule has 0 radical (unpaired) electrons. The van der Waals surface area contributed by atoms with Crippen LogP contribution in [0.15, 0.2) is 84.9 Å². The number of anilines is 1. The van der Waals surface area contributed by atoms with Gasteiger partial charge in [0.25, 0.3) is 0 Å². The molecular weight excluding hydrogens is 391 g/mol. The Bertz CT molecular complexity index is 1040. The summed E-state index contributed by atoms with van der Waals surface area (Å²) >= 11 is 0. The lowest BCUT2D eigenvalue weighted by Crippen LogP contribution is -2.48. The maximum absolute atomic E-state index is 14.0. The Morgan fingerprint density at radius 3 is 2.42 bits per heavy atom. The van der Waals surface area contributed by atoms with Crippen LogP contribution in [0.5, 0.6) is 5.75 Å². The fourth-order valence-electron chi connectivity index (χ4n) is 3.60. The number of benzene rings is 3. The van der Waals surface area contributed by atoms with Gasteiger partial charge < -0.3 is 14.5 Å². The van der Waals surface area contributed by atoms with Gasteiger partial charge in [-0.1, -0.05) is 54.6 Å². The molecule has 0 saturated carbocycles. The average Bonchev–Trinajstić information content (AvgIpc) is 2.83. The first kappa shape index (κ1) is 20.7. The first-order valence-corrected chi connectivity index (χ1v) is 10.4. The molecule has 1 aliphatic rings. The number of halogens is 1. The van der Waals surface area contributed by atoms with E-state index in [0.29, 0.717) is 38.5 Å². The zero-order valence-corrected chi connectivity index (χ0v) is 17.3. The van der Waals surface area contributed by atoms with Gasteiger partial charge in [-0.2, -0.15) is 0 Å². The summed E-state index contributed by atoms with van der Waals surface area (Å²) in [6, 6.07) is 24.4. The Hall–Kier alpha value is -3.60. The minimum Gasteiger partial charge on any atom is -0.489 e. The van der Waals surface area contributed by atoms with Crippen LogP contribution in [0.4, 0.5) is 10.1 Å². The van der Waals surface area contributed by atoms with E-state index in [9.17, 15) is 9.18 Å². The topological polar surface area (TPSA) is 32.8 Å². The van der Waals surface area contributed by atoms with E-state index in [1.54, 1.807) is 29.2 Å². The maximum Gasteiger partial charge on any atom is 0.246 e. The lowest BCUT2D eigenvalue weighted by Gasteiger charge is -2.35. The molecule has 1 saturated heterocycles. The number of piperazine rings is 1. The molecule has 3 aromatic rings. The molecule has 0 atom stereocenters. The van der Waals surface area contributed by atoms with Crippen molar-refractivity contribution in [2.24, 2.45) is 0 Å². The minimum atomic E-state index is -0.225. The number of nitrogens with zero attached hydrogens (tertiary/aromatic N) is 2. The molecule has 0 N–H and O–H groups in total. The Morgan fingerprint density at radius 1 is 0.903 bits per heavy atom. The summed E-state index contributed by atoms with van der Waals surface area (Å²) in [4.78, 5) is 16.4. The Kier molecular flexibility index (Phi) is 6.62. The number of amides is 1. The van der Waals surface area contributed by atoms with E-state index < -0.39 is 0 Å². The van der Waals surface area contributed by atoms with Crippen LogP contribution in [0, 0.1) is 5.82 Å². The molecule has 5 heteroatoms. The highest BCUT2D eigenvalue weighted by Crippen LogP contribution is 2.20. The molecular formula is C26H25FN2O2. The lowest BCUT2D eigenvalue weighted by atomic mass is 10.2. The summed E-state index contributed by atoms with van der Waals surface area (Å²) in [6.07, 6.45) is 3.40. The van der Waals surface area contributed by atoms with Crippen LogP contribution in [-0.4, -0.2) is 37.0 Å². The highest BCUT2D eigenvalue weighted by Gasteiger charge is 2.21. The molecule has 0 bridgehead atoms. The maximum atomic E-state index is 14.0. The van der Waals surface area contributed by atoms with Gasteiger partial charge in [-0.25, -0.2) is 4.39 Å². The first-order valence-electron chi connectivity index (χ1n) is 10.4. The second-order valence-electron chi connectivity index (χ2n) is 7.44. The molecule has 1 heterocycles. The number of ether oxygens (including phenoxy) is 1. The lowest BCUT2D eigenvalue weighted by molar-refractivity contribution is -0.126. The molecule has 158 valence electrons. The molecule has 31 heavy (non-hydrogen) atoms. The molecule has 3 aromatic carbocycles. The largest absolute Gasteiger partial charge is 0.489 e. The van der Waals surface area contributed by atoms with Gasteiger partial charge in [0.05, 0.1) is 5.69 Å². The van der Waals surface area contributed by atoms with Crippen molar-refractivity contribution >= 4 is 17.7 Å². The van der Waals surface area contributed by atoms with Gasteiger partial charge in [-0.3, -0.25) is 4.79 Å². The highest BCUT2D eigenvalue weighted by molar-refractivity contribution is 5.92. The van der Waals surface area contributed by atoms with Crippen LogP contribution in [0.25, 0.3) is 6.08 Å². The van der Waals surface area contributed by atoms with E-state index in [-0.39, 0.29) is 11.7 Å². The van der Waals surface area contributed by atoms with Crippen LogP contribution >= 0.6 is 0 Å². The quantitative estimate of drug-likeness (QED) is 0.543. The summed E-state index contributed by atoms with van der Waals surface area (Å²) < 4.78 is 19.8. The zero-order chi connectivity index (χ0) is 21.5. The van der Waals surface area contributed by atoms with Gasteiger partial charge in [-0.05, 0) is 41.5 Å². The smallest absolute Gasteiger partial charge is 0.246 e. The van der Waals surface area contributed by atoms with Gasteiger partial charge in [0, 0.05) is 32.3 Å². The molecule has 0 aromatic heterocycles. The van der Waals surface area contributed by atoms with E-state index in [1.807, 2.05) is 65.6 Å². The summed E-state index contributed by atoms with van der Waals surface area (Å²) in [6.45, 7) is 2.86. The van der Waals surface area contributed by atoms with Crippen LogP contribution in [0.1, 0.15) is 11.1 Å². The van der Waals surface area contributed by atoms with Crippen LogP contribution in [0.3, 0.4) is 0 Å². The van der Waals surface area contributed by atoms with E-state index >= 15 is 0 Å². The summed E-state index contributed by atoms with van der Waals surface area (Å²) in [5.74, 6) is 0.497. The van der Waals surface area contributed by atoms with E-state index in [1.165, 1.54) is 6.07 Å². The van der Waals surface area contributed by atoms with Gasteiger partial charge >= 0.3 is 0 Å². The van der Waals surface area contributed by atoms with Gasteiger partial charge in [0.1, 0.15) is 18.2 Å². The predicted octanol–water partition coefficient (Wildman–Crippen LogP) is 4.77. The van der Waals surface area contributed by atoms with Crippen molar-refractivity contribution in [1.82, 2.24) is 4.90 Å². The molecule has 4 nitrogen and oxygen atoms in total. The third-order valence-electron chi connectivity index (χ3n) is 5.31. The van der Waals surface area contributed by atoms with E-state index in [4.69, 9.17) is 4.74 Å². The summed E-state index contributed by atoms with van der Waals surface area (Å²) in [5, 5.41) is 0. The second kappa shape index (κ2) is 9.94. The van der Waals surface area contributed by atoms with Crippen molar-refractivity contribution in [3.63, 3.8) is 0 Å². The molecule has 4 rings (SSSR count).